The van der Waals surface area contributed by atoms with Crippen molar-refractivity contribution in [1.29, 1.82) is 0 Å². The van der Waals surface area contributed by atoms with Gasteiger partial charge >= 0.3 is 5.97 Å². The number of aliphatic hydroxyl groups is 1. The topological polar surface area (TPSA) is 132 Å². The third-order valence-electron chi connectivity index (χ3n) is 7.65. The highest BCUT2D eigenvalue weighted by atomic mass is 32.2. The Labute approximate surface area is 283 Å². The Morgan fingerprint density at radius 1 is 0.875 bits per heavy atom. The molecule has 11 heteroatoms. The molecule has 0 spiro atoms. The zero-order chi connectivity index (χ0) is 34.8. The largest absolute Gasteiger partial charge is 0.493 e. The Balaban J connectivity index is 1.38. The minimum atomic E-state index is -3.59. The summed E-state index contributed by atoms with van der Waals surface area (Å²) in [5.41, 5.74) is 5.87. The molecule has 0 radical (unpaired) electrons. The maximum Gasteiger partial charge on any atom is 0.341 e. The Morgan fingerprint density at radius 3 is 2.23 bits per heavy atom. The van der Waals surface area contributed by atoms with Gasteiger partial charge in [0.2, 0.25) is 10.0 Å². The zero-order valence-electron chi connectivity index (χ0n) is 28.2. The van der Waals surface area contributed by atoms with Crippen molar-refractivity contribution in [2.45, 2.75) is 46.4 Å². The van der Waals surface area contributed by atoms with Gasteiger partial charge in [-0.3, -0.25) is 4.72 Å². The Kier molecular flexibility index (Phi) is 12.5. The molecular weight excluding hydrogens is 632 g/mol. The number of hydrogen-bond acceptors (Lipinski definition) is 9. The van der Waals surface area contributed by atoms with Gasteiger partial charge in [-0.25, -0.2) is 13.2 Å². The lowest BCUT2D eigenvalue weighted by molar-refractivity contribution is 0.0596. The second-order valence-electron chi connectivity index (χ2n) is 11.5. The number of hydrogen-bond donors (Lipinski definition) is 3. The first-order valence-electron chi connectivity index (χ1n) is 15.7. The molecule has 0 aliphatic carbocycles. The standard InChI is InChI=1S/C37H44N2O8S/c1-7-45-34-22-28(13-15-31(34)37(41)44-5)30-19-24(2)36(25(3)20-30)46-18-17-38-26(4)35(40)29-14-16-33(32(21-29)39-48(6,42)43)47-23-27-11-9-8-10-12-27/h8-16,19-22,26,35,38-40H,7,17-18,23H2,1-6H3/t26-,35+/m0/s1. The molecule has 0 saturated heterocycles. The fraction of sp³-hybridized carbons (Fsp3) is 0.324. The first kappa shape index (κ1) is 36.3. The fourth-order valence-electron chi connectivity index (χ4n) is 5.31. The van der Waals surface area contributed by atoms with Crippen molar-refractivity contribution < 1.29 is 37.3 Å². The van der Waals surface area contributed by atoms with Crippen molar-refractivity contribution in [3.63, 3.8) is 0 Å². The van der Waals surface area contributed by atoms with Crippen LogP contribution in [0, 0.1) is 13.8 Å². The summed E-state index contributed by atoms with van der Waals surface area (Å²) in [7, 11) is -2.25. The molecule has 0 fully saturated rings. The smallest absolute Gasteiger partial charge is 0.341 e. The summed E-state index contributed by atoms with van der Waals surface area (Å²) in [6.45, 7) is 9.16. The van der Waals surface area contributed by atoms with Crippen LogP contribution in [0.1, 0.15) is 52.6 Å². The Morgan fingerprint density at radius 2 is 1.58 bits per heavy atom. The number of benzene rings is 4. The van der Waals surface area contributed by atoms with Gasteiger partial charge in [0.15, 0.2) is 0 Å². The van der Waals surface area contributed by atoms with Crippen molar-refractivity contribution in [3.05, 3.63) is 107 Å². The molecule has 4 aromatic rings. The number of rotatable bonds is 16. The van der Waals surface area contributed by atoms with E-state index in [1.807, 2.05) is 82.3 Å². The van der Waals surface area contributed by atoms with E-state index in [0.29, 0.717) is 42.4 Å². The van der Waals surface area contributed by atoms with Gasteiger partial charge in [-0.05, 0) is 97.5 Å². The van der Waals surface area contributed by atoms with Crippen molar-refractivity contribution in [2.75, 3.05) is 37.8 Å². The zero-order valence-corrected chi connectivity index (χ0v) is 29.0. The number of methoxy groups -OCH3 is 1. The van der Waals surface area contributed by atoms with Crippen LogP contribution in [-0.2, 0) is 21.4 Å². The molecule has 48 heavy (non-hydrogen) atoms. The summed E-state index contributed by atoms with van der Waals surface area (Å²) in [6.07, 6.45) is 0.142. The first-order valence-corrected chi connectivity index (χ1v) is 17.6. The van der Waals surface area contributed by atoms with Crippen LogP contribution in [0.5, 0.6) is 17.2 Å². The molecule has 256 valence electrons. The maximum atomic E-state index is 12.2. The lowest BCUT2D eigenvalue weighted by Gasteiger charge is -2.23. The number of ether oxygens (including phenoxy) is 4. The average molecular weight is 677 g/mol. The molecule has 4 aromatic carbocycles. The van der Waals surface area contributed by atoms with E-state index in [4.69, 9.17) is 18.9 Å². The summed E-state index contributed by atoms with van der Waals surface area (Å²) >= 11 is 0. The highest BCUT2D eigenvalue weighted by molar-refractivity contribution is 7.92. The third-order valence-corrected chi connectivity index (χ3v) is 8.24. The van der Waals surface area contributed by atoms with Crippen LogP contribution in [0.3, 0.4) is 0 Å². The van der Waals surface area contributed by atoms with E-state index in [9.17, 15) is 18.3 Å². The van der Waals surface area contributed by atoms with Gasteiger partial charge in [-0.15, -0.1) is 0 Å². The van der Waals surface area contributed by atoms with Crippen LogP contribution in [0.4, 0.5) is 5.69 Å². The van der Waals surface area contributed by atoms with Gasteiger partial charge in [0.05, 0.1) is 31.8 Å². The SMILES string of the molecule is CCOc1cc(-c2cc(C)c(OCCN[C@@H](C)[C@@H](O)c3ccc(OCc4ccccc4)c(NS(C)(=O)=O)c3)c(C)c2)ccc1C(=O)OC. The minimum Gasteiger partial charge on any atom is -0.493 e. The van der Waals surface area contributed by atoms with Gasteiger partial charge in [-0.2, -0.15) is 0 Å². The normalized spacial score (nSPS) is 12.6. The van der Waals surface area contributed by atoms with Crippen LogP contribution < -0.4 is 24.2 Å². The van der Waals surface area contributed by atoms with Gasteiger partial charge in [0, 0.05) is 12.6 Å². The summed E-state index contributed by atoms with van der Waals surface area (Å²) < 4.78 is 49.3. The number of aryl methyl sites for hydroxylation is 2. The second kappa shape index (κ2) is 16.5. The first-order chi connectivity index (χ1) is 22.9. The molecule has 0 aliphatic rings. The molecule has 0 unspecified atom stereocenters. The second-order valence-corrected chi connectivity index (χ2v) is 13.3. The van der Waals surface area contributed by atoms with Crippen LogP contribution >= 0.6 is 0 Å². The molecule has 0 aliphatic heterocycles. The lowest BCUT2D eigenvalue weighted by Crippen LogP contribution is -2.35. The van der Waals surface area contributed by atoms with E-state index in [2.05, 4.69) is 10.0 Å². The van der Waals surface area contributed by atoms with E-state index in [1.54, 1.807) is 24.3 Å². The molecule has 2 atom stereocenters. The fourth-order valence-corrected chi connectivity index (χ4v) is 5.87. The maximum absolute atomic E-state index is 12.2. The van der Waals surface area contributed by atoms with E-state index in [-0.39, 0.29) is 18.3 Å². The molecule has 10 nitrogen and oxygen atoms in total. The number of sulfonamides is 1. The van der Waals surface area contributed by atoms with E-state index in [1.165, 1.54) is 7.11 Å². The molecule has 0 amide bonds. The van der Waals surface area contributed by atoms with Crippen molar-refractivity contribution >= 4 is 21.7 Å². The van der Waals surface area contributed by atoms with Crippen molar-refractivity contribution in [3.8, 4) is 28.4 Å². The highest BCUT2D eigenvalue weighted by Gasteiger charge is 2.20. The van der Waals surface area contributed by atoms with Crippen molar-refractivity contribution in [1.82, 2.24) is 5.32 Å². The molecule has 0 saturated carbocycles. The van der Waals surface area contributed by atoms with Gasteiger partial charge in [0.1, 0.15) is 36.0 Å². The predicted octanol–water partition coefficient (Wildman–Crippen LogP) is 6.20. The Hall–Kier alpha value is -4.58. The van der Waals surface area contributed by atoms with Crippen LogP contribution in [0.25, 0.3) is 11.1 Å². The molecule has 4 rings (SSSR count). The summed E-state index contributed by atoms with van der Waals surface area (Å²) in [6, 6.07) is 23.6. The number of carbonyl (C=O) groups excluding carboxylic acids is 1. The van der Waals surface area contributed by atoms with Crippen LogP contribution in [0.2, 0.25) is 0 Å². The molecule has 0 aromatic heterocycles. The quantitative estimate of drug-likeness (QED) is 0.0938. The third kappa shape index (κ3) is 9.72. The minimum absolute atomic E-state index is 0.253. The van der Waals surface area contributed by atoms with Crippen LogP contribution in [0.15, 0.2) is 78.9 Å². The van der Waals surface area contributed by atoms with E-state index >= 15 is 0 Å². The van der Waals surface area contributed by atoms with E-state index < -0.39 is 22.1 Å². The van der Waals surface area contributed by atoms with E-state index in [0.717, 1.165) is 39.8 Å². The number of carbonyl (C=O) groups is 1. The number of esters is 1. The number of aliphatic hydroxyl groups excluding tert-OH is 1. The summed E-state index contributed by atoms with van der Waals surface area (Å²) in [5.74, 6) is 1.15. The monoisotopic (exact) mass is 676 g/mol. The van der Waals surface area contributed by atoms with Crippen molar-refractivity contribution in [2.24, 2.45) is 0 Å². The predicted molar refractivity (Wildman–Crippen MR) is 187 cm³/mol. The summed E-state index contributed by atoms with van der Waals surface area (Å²) in [4.78, 5) is 12.2. The van der Waals surface area contributed by atoms with Crippen LogP contribution in [-0.4, -0.2) is 58.7 Å². The average Bonchev–Trinajstić information content (AvgIpc) is 3.06. The van der Waals surface area contributed by atoms with Gasteiger partial charge in [0.25, 0.3) is 0 Å². The molecular formula is C37H44N2O8S. The van der Waals surface area contributed by atoms with Gasteiger partial charge in [-0.1, -0.05) is 42.5 Å². The Bertz CT molecular complexity index is 1790. The lowest BCUT2D eigenvalue weighted by atomic mass is 9.98. The number of anilines is 1. The molecule has 3 N–H and O–H groups in total. The highest BCUT2D eigenvalue weighted by Crippen LogP contribution is 2.34. The molecule has 0 bridgehead atoms. The summed E-state index contributed by atoms with van der Waals surface area (Å²) in [5, 5.41) is 14.4. The number of nitrogens with one attached hydrogen (secondary N) is 2. The molecule has 0 heterocycles. The van der Waals surface area contributed by atoms with Gasteiger partial charge < -0.3 is 29.4 Å².